The Labute approximate surface area is 73.5 Å². The van der Waals surface area contributed by atoms with Crippen molar-refractivity contribution in [3.8, 4) is 0 Å². The van der Waals surface area contributed by atoms with Crippen LogP contribution in [0.5, 0.6) is 0 Å². The second kappa shape index (κ2) is 1.78. The molecule has 0 aliphatic heterocycles. The lowest BCUT2D eigenvalue weighted by Crippen LogP contribution is -2.29. The van der Waals surface area contributed by atoms with Crippen molar-refractivity contribution in [2.75, 3.05) is 0 Å². The van der Waals surface area contributed by atoms with E-state index in [9.17, 15) is 4.79 Å². The van der Waals surface area contributed by atoms with Crippen LogP contribution in [0.2, 0.25) is 0 Å². The summed E-state index contributed by atoms with van der Waals surface area (Å²) in [6, 6.07) is 0. The summed E-state index contributed by atoms with van der Waals surface area (Å²) in [6.07, 6.45) is 3.81. The van der Waals surface area contributed by atoms with Gasteiger partial charge < -0.3 is 0 Å². The summed E-state index contributed by atoms with van der Waals surface area (Å²) in [7, 11) is 0. The number of hydrogen-bond donors (Lipinski definition) is 0. The Bertz CT molecular complexity index is 256. The fraction of sp³-hybridized carbons (Fsp3) is 0.909. The Morgan fingerprint density at radius 1 is 1.42 bits per heavy atom. The highest BCUT2D eigenvalue weighted by atomic mass is 16.1. The molecule has 0 N–H and O–H groups in total. The van der Waals surface area contributed by atoms with Gasteiger partial charge >= 0.3 is 0 Å². The first kappa shape index (κ1) is 7.11. The largest absolute Gasteiger partial charge is 0.299 e. The highest BCUT2D eigenvalue weighted by molar-refractivity contribution is 5.93. The molecule has 3 aliphatic rings. The molecule has 3 rings (SSSR count). The maximum absolute atomic E-state index is 12.0. The first-order valence-electron chi connectivity index (χ1n) is 5.20. The van der Waals surface area contributed by atoms with Gasteiger partial charge in [-0.1, -0.05) is 13.8 Å². The molecule has 3 aliphatic carbocycles. The van der Waals surface area contributed by atoms with Gasteiger partial charge in [-0.3, -0.25) is 4.79 Å². The molecular formula is C11H16O. The van der Waals surface area contributed by atoms with Gasteiger partial charge in [0, 0.05) is 11.3 Å². The van der Waals surface area contributed by atoms with Crippen molar-refractivity contribution in [2.24, 2.45) is 29.1 Å². The Morgan fingerprint density at radius 3 is 2.83 bits per heavy atom. The predicted octanol–water partition coefficient (Wildman–Crippen LogP) is 2.26. The molecule has 12 heavy (non-hydrogen) atoms. The zero-order valence-corrected chi connectivity index (χ0v) is 7.84. The molecule has 3 fully saturated rings. The molecule has 0 aromatic heterocycles. The number of hydrogen-bond acceptors (Lipinski definition) is 1. The van der Waals surface area contributed by atoms with Gasteiger partial charge in [0.25, 0.3) is 0 Å². The van der Waals surface area contributed by atoms with Crippen molar-refractivity contribution < 1.29 is 4.79 Å². The SMILES string of the molecule is CC(C)[C@@]12C[C@@H]1C[C@H]1C[C@H]1C2=O. The van der Waals surface area contributed by atoms with Gasteiger partial charge in [0.1, 0.15) is 5.78 Å². The predicted molar refractivity (Wildman–Crippen MR) is 46.6 cm³/mol. The Morgan fingerprint density at radius 2 is 2.17 bits per heavy atom. The standard InChI is InChI=1S/C11H16O/c1-6(2)11-5-8(11)3-7-4-9(7)10(11)12/h6-9H,3-5H2,1-2H3/t7-,8-,9+,11-/m0/s1. The van der Waals surface area contributed by atoms with Crippen molar-refractivity contribution >= 4 is 5.78 Å². The maximum Gasteiger partial charge on any atom is 0.142 e. The third kappa shape index (κ3) is 0.605. The first-order chi connectivity index (χ1) is 5.66. The molecule has 0 spiro atoms. The Kier molecular flexibility index (Phi) is 1.06. The summed E-state index contributed by atoms with van der Waals surface area (Å²) in [6.45, 7) is 4.45. The molecular weight excluding hydrogens is 148 g/mol. The summed E-state index contributed by atoms with van der Waals surface area (Å²) in [4.78, 5) is 12.0. The molecule has 0 bridgehead atoms. The van der Waals surface area contributed by atoms with Crippen LogP contribution in [0.15, 0.2) is 0 Å². The molecule has 1 heteroatoms. The van der Waals surface area contributed by atoms with Crippen LogP contribution in [0.4, 0.5) is 0 Å². The monoisotopic (exact) mass is 164 g/mol. The van der Waals surface area contributed by atoms with E-state index in [1.165, 1.54) is 19.3 Å². The average molecular weight is 164 g/mol. The van der Waals surface area contributed by atoms with Crippen LogP contribution in [0.3, 0.4) is 0 Å². The third-order valence-corrected chi connectivity index (χ3v) is 4.49. The van der Waals surface area contributed by atoms with E-state index in [0.717, 1.165) is 11.8 Å². The number of fused-ring (bicyclic) bond motifs is 2. The molecule has 1 nitrogen and oxygen atoms in total. The fourth-order valence-corrected chi connectivity index (χ4v) is 3.48. The van der Waals surface area contributed by atoms with Crippen molar-refractivity contribution in [3.05, 3.63) is 0 Å². The summed E-state index contributed by atoms with van der Waals surface area (Å²) in [5.74, 6) is 3.34. The zero-order valence-electron chi connectivity index (χ0n) is 7.84. The molecule has 0 aromatic rings. The first-order valence-corrected chi connectivity index (χ1v) is 5.20. The number of carbonyl (C=O) groups excluding carboxylic acids is 1. The van der Waals surface area contributed by atoms with Crippen LogP contribution in [0.1, 0.15) is 33.1 Å². The van der Waals surface area contributed by atoms with Crippen LogP contribution < -0.4 is 0 Å². The lowest BCUT2D eigenvalue weighted by atomic mass is 9.79. The van der Waals surface area contributed by atoms with Gasteiger partial charge in [-0.25, -0.2) is 0 Å². The highest BCUT2D eigenvalue weighted by Gasteiger charge is 2.70. The molecule has 0 heterocycles. The fourth-order valence-electron chi connectivity index (χ4n) is 3.48. The summed E-state index contributed by atoms with van der Waals surface area (Å²) < 4.78 is 0. The summed E-state index contributed by atoms with van der Waals surface area (Å²) in [5.41, 5.74) is 0.178. The summed E-state index contributed by atoms with van der Waals surface area (Å²) >= 11 is 0. The van der Waals surface area contributed by atoms with Crippen LogP contribution in [0.25, 0.3) is 0 Å². The van der Waals surface area contributed by atoms with Crippen molar-refractivity contribution in [2.45, 2.75) is 33.1 Å². The van der Waals surface area contributed by atoms with E-state index < -0.39 is 0 Å². The molecule has 3 saturated carbocycles. The van der Waals surface area contributed by atoms with Gasteiger partial charge in [-0.15, -0.1) is 0 Å². The number of rotatable bonds is 1. The molecule has 0 radical (unpaired) electrons. The highest BCUT2D eigenvalue weighted by Crippen LogP contribution is 2.70. The Balaban J connectivity index is 1.94. The lowest BCUT2D eigenvalue weighted by molar-refractivity contribution is -0.129. The van der Waals surface area contributed by atoms with Gasteiger partial charge in [-0.2, -0.15) is 0 Å². The van der Waals surface area contributed by atoms with Crippen molar-refractivity contribution in [3.63, 3.8) is 0 Å². The molecule has 0 saturated heterocycles. The normalized spacial score (nSPS) is 54.9. The molecule has 4 atom stereocenters. The van der Waals surface area contributed by atoms with E-state index in [1.807, 2.05) is 0 Å². The van der Waals surface area contributed by atoms with Crippen LogP contribution in [-0.4, -0.2) is 5.78 Å². The number of ketones is 1. The lowest BCUT2D eigenvalue weighted by Gasteiger charge is -2.23. The smallest absolute Gasteiger partial charge is 0.142 e. The van der Waals surface area contributed by atoms with Gasteiger partial charge in [0.15, 0.2) is 0 Å². The quantitative estimate of drug-likeness (QED) is 0.581. The number of carbonyl (C=O) groups is 1. The Hall–Kier alpha value is -0.330. The minimum atomic E-state index is 0.178. The van der Waals surface area contributed by atoms with Gasteiger partial charge in [-0.05, 0) is 37.0 Å². The van der Waals surface area contributed by atoms with E-state index >= 15 is 0 Å². The molecule has 66 valence electrons. The van der Waals surface area contributed by atoms with Crippen LogP contribution in [-0.2, 0) is 4.79 Å². The van der Waals surface area contributed by atoms with E-state index in [0.29, 0.717) is 17.6 Å². The maximum atomic E-state index is 12.0. The molecule has 0 aromatic carbocycles. The van der Waals surface area contributed by atoms with Crippen LogP contribution >= 0.6 is 0 Å². The van der Waals surface area contributed by atoms with Crippen molar-refractivity contribution in [1.82, 2.24) is 0 Å². The van der Waals surface area contributed by atoms with E-state index in [-0.39, 0.29) is 5.41 Å². The second-order valence-electron chi connectivity index (χ2n) is 5.30. The minimum Gasteiger partial charge on any atom is -0.299 e. The topological polar surface area (TPSA) is 17.1 Å². The van der Waals surface area contributed by atoms with E-state index in [2.05, 4.69) is 13.8 Å². The summed E-state index contributed by atoms with van der Waals surface area (Å²) in [5, 5.41) is 0. The van der Waals surface area contributed by atoms with E-state index in [1.54, 1.807) is 0 Å². The molecule has 0 amide bonds. The van der Waals surface area contributed by atoms with Gasteiger partial charge in [0.05, 0.1) is 0 Å². The zero-order chi connectivity index (χ0) is 8.51. The molecule has 0 unspecified atom stereocenters. The number of Topliss-reactive ketones (excluding diaryl/α,β-unsaturated/α-hetero) is 1. The van der Waals surface area contributed by atoms with Gasteiger partial charge in [0.2, 0.25) is 0 Å². The third-order valence-electron chi connectivity index (χ3n) is 4.49. The van der Waals surface area contributed by atoms with Crippen LogP contribution in [0, 0.1) is 29.1 Å². The second-order valence-corrected chi connectivity index (χ2v) is 5.30. The minimum absolute atomic E-state index is 0.178. The van der Waals surface area contributed by atoms with Crippen molar-refractivity contribution in [1.29, 1.82) is 0 Å². The average Bonchev–Trinajstić information content (AvgIpc) is 2.80. The van der Waals surface area contributed by atoms with E-state index in [4.69, 9.17) is 0 Å².